The largest absolute Gasteiger partial charge is 0.486 e. The van der Waals surface area contributed by atoms with E-state index in [9.17, 15) is 4.39 Å². The van der Waals surface area contributed by atoms with Crippen LogP contribution in [0, 0.1) is 5.82 Å². The Labute approximate surface area is 146 Å². The van der Waals surface area contributed by atoms with Crippen LogP contribution >= 0.6 is 0 Å². The molecule has 1 N–H and O–H groups in total. The fourth-order valence-corrected chi connectivity index (χ4v) is 3.31. The van der Waals surface area contributed by atoms with Crippen molar-refractivity contribution in [1.82, 2.24) is 15.1 Å². The van der Waals surface area contributed by atoms with E-state index in [4.69, 9.17) is 4.74 Å². The average Bonchev–Trinajstić information content (AvgIpc) is 3.10. The van der Waals surface area contributed by atoms with Gasteiger partial charge in [-0.15, -0.1) is 0 Å². The van der Waals surface area contributed by atoms with Crippen LogP contribution in [-0.2, 0) is 6.54 Å². The van der Waals surface area contributed by atoms with Crippen LogP contribution in [-0.4, -0.2) is 28.7 Å². The Balaban J connectivity index is 1.67. The van der Waals surface area contributed by atoms with Crippen molar-refractivity contribution in [2.75, 3.05) is 13.6 Å². The molecule has 1 aliphatic heterocycles. The number of H-pyrrole nitrogens is 1. The zero-order valence-corrected chi connectivity index (χ0v) is 14.1. The van der Waals surface area contributed by atoms with E-state index in [2.05, 4.69) is 40.3 Å². The second-order valence-corrected chi connectivity index (χ2v) is 6.49. The summed E-state index contributed by atoms with van der Waals surface area (Å²) in [6.07, 6.45) is 4.58. The Morgan fingerprint density at radius 2 is 2.00 bits per heavy atom. The molecule has 1 aliphatic rings. The number of ether oxygens (including phenoxy) is 1. The number of halogens is 1. The zero-order chi connectivity index (χ0) is 17.2. The molecule has 25 heavy (non-hydrogen) atoms. The van der Waals surface area contributed by atoms with E-state index in [-0.39, 0.29) is 11.9 Å². The van der Waals surface area contributed by atoms with Crippen molar-refractivity contribution >= 4 is 0 Å². The van der Waals surface area contributed by atoms with E-state index >= 15 is 0 Å². The first-order valence-corrected chi connectivity index (χ1v) is 8.42. The molecule has 4 rings (SSSR count). The molecule has 4 nitrogen and oxygen atoms in total. The molecule has 1 unspecified atom stereocenters. The van der Waals surface area contributed by atoms with Crippen LogP contribution in [0.2, 0.25) is 0 Å². The van der Waals surface area contributed by atoms with Crippen LogP contribution in [0.25, 0.3) is 11.1 Å². The monoisotopic (exact) mass is 337 g/mol. The first kappa shape index (κ1) is 15.8. The van der Waals surface area contributed by atoms with Gasteiger partial charge >= 0.3 is 0 Å². The Morgan fingerprint density at radius 1 is 1.16 bits per heavy atom. The van der Waals surface area contributed by atoms with Crippen molar-refractivity contribution in [2.45, 2.75) is 19.1 Å². The van der Waals surface area contributed by atoms with Crippen molar-refractivity contribution in [3.8, 4) is 16.9 Å². The number of nitrogens with one attached hydrogen (secondary N) is 1. The van der Waals surface area contributed by atoms with E-state index in [1.807, 2.05) is 12.4 Å². The highest BCUT2D eigenvalue weighted by Gasteiger charge is 2.23. The second kappa shape index (κ2) is 6.69. The van der Waals surface area contributed by atoms with E-state index in [0.29, 0.717) is 5.75 Å². The lowest BCUT2D eigenvalue weighted by Crippen LogP contribution is -2.18. The first-order chi connectivity index (χ1) is 12.2. The van der Waals surface area contributed by atoms with E-state index in [0.717, 1.165) is 30.6 Å². The van der Waals surface area contributed by atoms with Crippen LogP contribution in [0.5, 0.6) is 5.75 Å². The van der Waals surface area contributed by atoms with Gasteiger partial charge in [0.05, 0.1) is 6.20 Å². The molecule has 0 fully saturated rings. The van der Waals surface area contributed by atoms with Crippen molar-refractivity contribution in [3.05, 3.63) is 71.8 Å². The molecule has 128 valence electrons. The molecule has 0 saturated carbocycles. The SMILES string of the molecule is CN1CCC(Oc2ccc(F)cc2)c2ccc(-c3cn[nH]c3)cc2C1. The lowest BCUT2D eigenvalue weighted by atomic mass is 9.97. The highest BCUT2D eigenvalue weighted by molar-refractivity contribution is 5.63. The van der Waals surface area contributed by atoms with Gasteiger partial charge in [-0.05, 0) is 54.1 Å². The molecular formula is C20H20FN3O. The van der Waals surface area contributed by atoms with Crippen LogP contribution < -0.4 is 4.74 Å². The van der Waals surface area contributed by atoms with E-state index < -0.39 is 0 Å². The standard InChI is InChI=1S/C20H20FN3O/c1-24-9-8-20(25-18-5-3-17(21)4-6-18)19-7-2-14(10-15(19)13-24)16-11-22-23-12-16/h2-7,10-12,20H,8-9,13H2,1H3,(H,22,23). The number of hydrogen-bond donors (Lipinski definition) is 1. The lowest BCUT2D eigenvalue weighted by molar-refractivity contribution is 0.182. The molecule has 0 bridgehead atoms. The number of hydrogen-bond acceptors (Lipinski definition) is 3. The molecule has 2 aromatic carbocycles. The molecule has 1 aromatic heterocycles. The quantitative estimate of drug-likeness (QED) is 0.780. The summed E-state index contributed by atoms with van der Waals surface area (Å²) in [6.45, 7) is 1.83. The molecule has 1 atom stereocenters. The van der Waals surface area contributed by atoms with Gasteiger partial charge in [-0.1, -0.05) is 12.1 Å². The maximum absolute atomic E-state index is 13.1. The van der Waals surface area contributed by atoms with Crippen LogP contribution in [0.1, 0.15) is 23.7 Å². The number of rotatable bonds is 3. The van der Waals surface area contributed by atoms with Gasteiger partial charge < -0.3 is 9.64 Å². The van der Waals surface area contributed by atoms with E-state index in [1.165, 1.54) is 23.3 Å². The molecule has 0 radical (unpaired) electrons. The van der Waals surface area contributed by atoms with Crippen molar-refractivity contribution in [1.29, 1.82) is 0 Å². The summed E-state index contributed by atoms with van der Waals surface area (Å²) in [6, 6.07) is 12.7. The maximum atomic E-state index is 13.1. The van der Waals surface area contributed by atoms with Crippen molar-refractivity contribution < 1.29 is 9.13 Å². The molecular weight excluding hydrogens is 317 g/mol. The predicted octanol–water partition coefficient (Wildman–Crippen LogP) is 4.17. The van der Waals surface area contributed by atoms with Crippen molar-refractivity contribution in [2.24, 2.45) is 0 Å². The second-order valence-electron chi connectivity index (χ2n) is 6.49. The molecule has 0 amide bonds. The van der Waals surface area contributed by atoms with Gasteiger partial charge in [0.15, 0.2) is 0 Å². The van der Waals surface area contributed by atoms with E-state index in [1.54, 1.807) is 12.1 Å². The summed E-state index contributed by atoms with van der Waals surface area (Å²) in [5.74, 6) is 0.443. The summed E-state index contributed by atoms with van der Waals surface area (Å²) in [7, 11) is 2.12. The third kappa shape index (κ3) is 3.42. The minimum atomic E-state index is -0.252. The predicted molar refractivity (Wildman–Crippen MR) is 94.7 cm³/mol. The minimum absolute atomic E-state index is 0.0381. The fourth-order valence-electron chi connectivity index (χ4n) is 3.31. The van der Waals surface area contributed by atoms with Gasteiger partial charge in [0, 0.05) is 31.3 Å². The van der Waals surface area contributed by atoms with Gasteiger partial charge in [-0.2, -0.15) is 5.10 Å². The normalized spacial score (nSPS) is 17.8. The van der Waals surface area contributed by atoms with Gasteiger partial charge in [-0.25, -0.2) is 4.39 Å². The first-order valence-electron chi connectivity index (χ1n) is 8.42. The molecule has 5 heteroatoms. The highest BCUT2D eigenvalue weighted by Crippen LogP contribution is 2.33. The highest BCUT2D eigenvalue weighted by atomic mass is 19.1. The fraction of sp³-hybridized carbons (Fsp3) is 0.250. The number of aromatic nitrogens is 2. The van der Waals surface area contributed by atoms with Crippen LogP contribution in [0.3, 0.4) is 0 Å². The Kier molecular flexibility index (Phi) is 4.24. The molecule has 3 aromatic rings. The zero-order valence-electron chi connectivity index (χ0n) is 14.1. The van der Waals surface area contributed by atoms with Gasteiger partial charge in [0.2, 0.25) is 0 Å². The Hall–Kier alpha value is -2.66. The van der Waals surface area contributed by atoms with Crippen LogP contribution in [0.15, 0.2) is 54.9 Å². The Bertz CT molecular complexity index is 846. The summed E-state index contributed by atoms with van der Waals surface area (Å²) in [5, 5.41) is 6.89. The third-order valence-electron chi connectivity index (χ3n) is 4.63. The number of fused-ring (bicyclic) bond motifs is 1. The van der Waals surface area contributed by atoms with Gasteiger partial charge in [-0.3, -0.25) is 5.10 Å². The minimum Gasteiger partial charge on any atom is -0.486 e. The summed E-state index contributed by atoms with van der Waals surface area (Å²) in [5.41, 5.74) is 4.67. The smallest absolute Gasteiger partial charge is 0.125 e. The summed E-state index contributed by atoms with van der Waals surface area (Å²) < 4.78 is 19.3. The van der Waals surface area contributed by atoms with Gasteiger partial charge in [0.1, 0.15) is 17.7 Å². The average molecular weight is 337 g/mol. The summed E-state index contributed by atoms with van der Waals surface area (Å²) >= 11 is 0. The third-order valence-corrected chi connectivity index (χ3v) is 4.63. The maximum Gasteiger partial charge on any atom is 0.125 e. The topological polar surface area (TPSA) is 41.1 Å². The number of aromatic amines is 1. The summed E-state index contributed by atoms with van der Waals surface area (Å²) in [4.78, 5) is 2.30. The number of benzene rings is 2. The van der Waals surface area contributed by atoms with Crippen LogP contribution in [0.4, 0.5) is 4.39 Å². The lowest BCUT2D eigenvalue weighted by Gasteiger charge is -2.20. The molecule has 0 saturated heterocycles. The molecule has 0 spiro atoms. The van der Waals surface area contributed by atoms with Gasteiger partial charge in [0.25, 0.3) is 0 Å². The number of nitrogens with zero attached hydrogens (tertiary/aromatic N) is 2. The van der Waals surface area contributed by atoms with Crippen molar-refractivity contribution in [3.63, 3.8) is 0 Å². The molecule has 2 heterocycles. The molecule has 0 aliphatic carbocycles. The Morgan fingerprint density at radius 3 is 2.76 bits per heavy atom.